The molecule has 0 spiro atoms. The molecule has 1 saturated heterocycles. The van der Waals surface area contributed by atoms with Gasteiger partial charge in [0.2, 0.25) is 0 Å². The van der Waals surface area contributed by atoms with Crippen LogP contribution in [0.2, 0.25) is 0 Å². The Morgan fingerprint density at radius 3 is 2.85 bits per heavy atom. The van der Waals surface area contributed by atoms with Gasteiger partial charge in [-0.15, -0.1) is 0 Å². The van der Waals surface area contributed by atoms with Gasteiger partial charge >= 0.3 is 0 Å². The number of pyridine rings is 2. The number of ether oxygens (including phenoxy) is 1. The minimum atomic E-state index is 0.0595. The smallest absolute Gasteiger partial charge is 0.101 e. The van der Waals surface area contributed by atoms with Crippen molar-refractivity contribution < 1.29 is 4.74 Å². The molecule has 2 atom stereocenters. The second-order valence-corrected chi connectivity index (χ2v) is 6.73. The van der Waals surface area contributed by atoms with Crippen LogP contribution in [0.5, 0.6) is 0 Å². The van der Waals surface area contributed by atoms with Gasteiger partial charge in [-0.25, -0.2) is 0 Å². The lowest BCUT2D eigenvalue weighted by molar-refractivity contribution is -0.00820. The molecule has 3 aromatic rings. The maximum absolute atomic E-state index is 9.36. The predicted octanol–water partition coefficient (Wildman–Crippen LogP) is 3.21. The summed E-state index contributed by atoms with van der Waals surface area (Å²) >= 11 is 0. The van der Waals surface area contributed by atoms with Gasteiger partial charge in [0, 0.05) is 55.0 Å². The third-order valence-electron chi connectivity index (χ3n) is 4.75. The summed E-state index contributed by atoms with van der Waals surface area (Å²) in [5.41, 5.74) is 3.49. The van der Waals surface area contributed by atoms with E-state index in [-0.39, 0.29) is 12.2 Å². The summed E-state index contributed by atoms with van der Waals surface area (Å²) in [6, 6.07) is 14.0. The summed E-state index contributed by atoms with van der Waals surface area (Å²) in [7, 11) is 0. The summed E-state index contributed by atoms with van der Waals surface area (Å²) in [5, 5.41) is 13.8. The molecule has 3 heterocycles. The van der Waals surface area contributed by atoms with E-state index in [1.54, 1.807) is 18.6 Å². The summed E-state index contributed by atoms with van der Waals surface area (Å²) < 4.78 is 6.13. The summed E-state index contributed by atoms with van der Waals surface area (Å²) in [4.78, 5) is 10.8. The quantitative estimate of drug-likeness (QED) is 0.771. The van der Waals surface area contributed by atoms with Gasteiger partial charge in [-0.3, -0.25) is 9.97 Å². The average molecular weight is 359 g/mol. The van der Waals surface area contributed by atoms with E-state index in [0.717, 1.165) is 41.9 Å². The molecule has 6 nitrogen and oxygen atoms in total. The largest absolute Gasteiger partial charge is 0.382 e. The molecule has 0 bridgehead atoms. The zero-order chi connectivity index (χ0) is 18.6. The third-order valence-corrected chi connectivity index (χ3v) is 4.75. The summed E-state index contributed by atoms with van der Waals surface area (Å²) in [6.45, 7) is 4.40. The molecular weight excluding hydrogens is 338 g/mol. The van der Waals surface area contributed by atoms with Crippen molar-refractivity contribution in [3.05, 3.63) is 60.6 Å². The first-order valence-corrected chi connectivity index (χ1v) is 9.06. The van der Waals surface area contributed by atoms with E-state index >= 15 is 0 Å². The van der Waals surface area contributed by atoms with Gasteiger partial charge in [0.15, 0.2) is 0 Å². The van der Waals surface area contributed by atoms with Crippen LogP contribution < -0.4 is 10.2 Å². The van der Waals surface area contributed by atoms with Crippen molar-refractivity contribution in [3.63, 3.8) is 0 Å². The van der Waals surface area contributed by atoms with Gasteiger partial charge in [-0.05, 0) is 43.3 Å². The number of morpholine rings is 1. The molecular formula is C21H21N5O. The van der Waals surface area contributed by atoms with Crippen LogP contribution in [-0.2, 0) is 4.74 Å². The molecule has 1 aromatic carbocycles. The number of hydrogen-bond donors (Lipinski definition) is 1. The third kappa shape index (κ3) is 3.69. The maximum atomic E-state index is 9.36. The fourth-order valence-corrected chi connectivity index (χ4v) is 3.58. The van der Waals surface area contributed by atoms with Crippen molar-refractivity contribution in [2.45, 2.75) is 19.1 Å². The Labute approximate surface area is 158 Å². The highest BCUT2D eigenvalue weighted by atomic mass is 16.5. The lowest BCUT2D eigenvalue weighted by Crippen LogP contribution is -2.49. The van der Waals surface area contributed by atoms with Crippen molar-refractivity contribution in [3.8, 4) is 6.07 Å². The van der Waals surface area contributed by atoms with E-state index in [1.165, 1.54) is 0 Å². The van der Waals surface area contributed by atoms with Crippen molar-refractivity contribution in [1.82, 2.24) is 9.97 Å². The topological polar surface area (TPSA) is 74.1 Å². The van der Waals surface area contributed by atoms with E-state index in [9.17, 15) is 5.26 Å². The second-order valence-electron chi connectivity index (χ2n) is 6.73. The molecule has 1 N–H and O–H groups in total. The van der Waals surface area contributed by atoms with Gasteiger partial charge in [-0.2, -0.15) is 5.26 Å². The second kappa shape index (κ2) is 7.60. The van der Waals surface area contributed by atoms with Crippen LogP contribution in [0.1, 0.15) is 12.5 Å². The fourth-order valence-electron chi connectivity index (χ4n) is 3.58. The molecule has 0 unspecified atom stereocenters. The minimum absolute atomic E-state index is 0.0595. The molecule has 1 aliphatic heterocycles. The highest BCUT2D eigenvalue weighted by Gasteiger charge is 2.26. The number of fused-ring (bicyclic) bond motifs is 1. The number of anilines is 2. The van der Waals surface area contributed by atoms with Crippen molar-refractivity contribution in [2.24, 2.45) is 0 Å². The number of hydrogen-bond acceptors (Lipinski definition) is 6. The molecule has 0 aliphatic carbocycles. The highest BCUT2D eigenvalue weighted by Crippen LogP contribution is 2.30. The number of aromatic nitrogens is 2. The molecule has 2 aromatic heterocycles. The maximum Gasteiger partial charge on any atom is 0.101 e. The SMILES string of the molecule is C[C@@H]1CN(c2ccc(C#N)c3ncccc23)C[C@@H](CNc2ccncc2)O1. The molecule has 1 aliphatic rings. The monoisotopic (exact) mass is 359 g/mol. The van der Waals surface area contributed by atoms with Crippen molar-refractivity contribution in [1.29, 1.82) is 5.26 Å². The summed E-state index contributed by atoms with van der Waals surface area (Å²) in [6.07, 6.45) is 5.45. The number of rotatable bonds is 4. The highest BCUT2D eigenvalue weighted by molar-refractivity contribution is 5.95. The van der Waals surface area contributed by atoms with Crippen molar-refractivity contribution in [2.75, 3.05) is 29.9 Å². The van der Waals surface area contributed by atoms with Crippen LogP contribution >= 0.6 is 0 Å². The van der Waals surface area contributed by atoms with Crippen LogP contribution in [0.15, 0.2) is 55.0 Å². The van der Waals surface area contributed by atoms with E-state index < -0.39 is 0 Å². The van der Waals surface area contributed by atoms with Gasteiger partial charge < -0.3 is 15.0 Å². The Bertz CT molecular complexity index is 969. The lowest BCUT2D eigenvalue weighted by atomic mass is 10.1. The normalized spacial score (nSPS) is 19.6. The zero-order valence-electron chi connectivity index (χ0n) is 15.2. The summed E-state index contributed by atoms with van der Waals surface area (Å²) in [5.74, 6) is 0. The van der Waals surface area contributed by atoms with E-state index in [0.29, 0.717) is 5.56 Å². The van der Waals surface area contributed by atoms with Crippen molar-refractivity contribution >= 4 is 22.3 Å². The van der Waals surface area contributed by atoms with Crippen LogP contribution in [0.3, 0.4) is 0 Å². The van der Waals surface area contributed by atoms with Gasteiger partial charge in [0.1, 0.15) is 6.07 Å². The van der Waals surface area contributed by atoms with Gasteiger partial charge in [0.25, 0.3) is 0 Å². The van der Waals surface area contributed by atoms with Crippen LogP contribution in [-0.4, -0.2) is 41.8 Å². The Hall–Kier alpha value is -3.17. The molecule has 0 radical (unpaired) electrons. The first kappa shape index (κ1) is 17.3. The minimum Gasteiger partial charge on any atom is -0.382 e. The van der Waals surface area contributed by atoms with E-state index in [2.05, 4.69) is 33.2 Å². The van der Waals surface area contributed by atoms with Crippen LogP contribution in [0, 0.1) is 11.3 Å². The molecule has 1 fully saturated rings. The predicted molar refractivity (Wildman–Crippen MR) is 106 cm³/mol. The zero-order valence-corrected chi connectivity index (χ0v) is 15.2. The Morgan fingerprint density at radius 1 is 1.19 bits per heavy atom. The van der Waals surface area contributed by atoms with Crippen LogP contribution in [0.25, 0.3) is 10.9 Å². The average Bonchev–Trinajstić information content (AvgIpc) is 2.72. The van der Waals surface area contributed by atoms with Gasteiger partial charge in [-0.1, -0.05) is 0 Å². The lowest BCUT2D eigenvalue weighted by Gasteiger charge is -2.39. The molecule has 0 saturated carbocycles. The molecule has 6 heteroatoms. The fraction of sp³-hybridized carbons (Fsp3) is 0.286. The molecule has 136 valence electrons. The molecule has 4 rings (SSSR count). The van der Waals surface area contributed by atoms with Gasteiger partial charge in [0.05, 0.1) is 23.3 Å². The number of benzene rings is 1. The number of nitrogens with one attached hydrogen (secondary N) is 1. The Balaban J connectivity index is 1.57. The Kier molecular flexibility index (Phi) is 4.86. The first-order valence-electron chi connectivity index (χ1n) is 9.06. The number of nitrogens with zero attached hydrogens (tertiary/aromatic N) is 4. The van der Waals surface area contributed by atoms with Crippen LogP contribution in [0.4, 0.5) is 11.4 Å². The first-order chi connectivity index (χ1) is 13.2. The van der Waals surface area contributed by atoms with E-state index in [4.69, 9.17) is 4.74 Å². The van der Waals surface area contributed by atoms with E-state index in [1.807, 2.05) is 36.4 Å². The molecule has 27 heavy (non-hydrogen) atoms. The standard InChI is InChI=1S/C21H21N5O/c1-15-13-26(14-18(27-15)12-25-17-6-9-23-10-7-17)20-5-4-16(11-22)21-19(20)3-2-8-24-21/h2-10,15,18H,12-14H2,1H3,(H,23,25)/t15-,18-/m1/s1. The Morgan fingerprint density at radius 2 is 2.04 bits per heavy atom. The number of nitriles is 1. The molecule has 0 amide bonds.